The van der Waals surface area contributed by atoms with Crippen molar-refractivity contribution in [1.82, 2.24) is 15.6 Å². The van der Waals surface area contributed by atoms with Gasteiger partial charge in [-0.15, -0.1) is 0 Å². The van der Waals surface area contributed by atoms with Crippen molar-refractivity contribution in [2.24, 2.45) is 0 Å². The lowest BCUT2D eigenvalue weighted by Crippen LogP contribution is -2.38. The molecule has 96 valence electrons. The smallest absolute Gasteiger partial charge is 0.254 e. The van der Waals surface area contributed by atoms with Gasteiger partial charge in [-0.25, -0.2) is 9.37 Å². The van der Waals surface area contributed by atoms with Crippen molar-refractivity contribution >= 4 is 23.4 Å². The molecule has 1 saturated heterocycles. The van der Waals surface area contributed by atoms with Gasteiger partial charge in [-0.3, -0.25) is 9.59 Å². The number of nitrogens with one attached hydrogen (secondary N) is 2. The number of carbonyl (C=O) groups is 2. The van der Waals surface area contributed by atoms with Crippen LogP contribution in [-0.2, 0) is 4.79 Å². The second-order valence-corrected chi connectivity index (χ2v) is 4.36. The Labute approximate surface area is 108 Å². The van der Waals surface area contributed by atoms with Crippen molar-refractivity contribution in [1.29, 1.82) is 0 Å². The minimum atomic E-state index is -0.626. The van der Waals surface area contributed by atoms with Crippen molar-refractivity contribution in [3.63, 3.8) is 0 Å². The van der Waals surface area contributed by atoms with Gasteiger partial charge in [0.05, 0.1) is 11.8 Å². The molecule has 2 amide bonds. The van der Waals surface area contributed by atoms with E-state index >= 15 is 0 Å². The lowest BCUT2D eigenvalue weighted by Gasteiger charge is -2.11. The largest absolute Gasteiger partial charge is 0.352 e. The van der Waals surface area contributed by atoms with E-state index in [1.807, 2.05) is 0 Å². The van der Waals surface area contributed by atoms with Crippen molar-refractivity contribution in [3.05, 3.63) is 28.8 Å². The minimum Gasteiger partial charge on any atom is -0.352 e. The average Bonchev–Trinajstić information content (AvgIpc) is 2.75. The third-order valence-corrected chi connectivity index (χ3v) is 2.95. The van der Waals surface area contributed by atoms with Crippen LogP contribution in [-0.4, -0.2) is 29.4 Å². The number of pyridine rings is 1. The standard InChI is InChI=1S/C11H11ClFN3O2/c12-10-8(3-6(13)4-14-10)11(18)15-5-7-1-2-9(17)16-7/h3-4,7H,1-2,5H2,(H,15,18)(H,16,17). The minimum absolute atomic E-state index is 0.0130. The molecular formula is C11H11ClFN3O2. The zero-order valence-corrected chi connectivity index (χ0v) is 10.1. The molecule has 0 saturated carbocycles. The Morgan fingerprint density at radius 1 is 1.67 bits per heavy atom. The lowest BCUT2D eigenvalue weighted by molar-refractivity contribution is -0.119. The molecule has 18 heavy (non-hydrogen) atoms. The first-order valence-corrected chi connectivity index (χ1v) is 5.82. The number of hydrogen-bond acceptors (Lipinski definition) is 3. The topological polar surface area (TPSA) is 71.1 Å². The third-order valence-electron chi connectivity index (χ3n) is 2.64. The Morgan fingerprint density at radius 2 is 2.44 bits per heavy atom. The van der Waals surface area contributed by atoms with Crippen LogP contribution in [0.1, 0.15) is 23.2 Å². The van der Waals surface area contributed by atoms with Crippen LogP contribution >= 0.6 is 11.6 Å². The molecule has 1 aliphatic heterocycles. The van der Waals surface area contributed by atoms with Crippen LogP contribution in [0, 0.1) is 5.82 Å². The summed E-state index contributed by atoms with van der Waals surface area (Å²) in [5.74, 6) is -1.16. The Bertz CT molecular complexity index is 495. The Kier molecular flexibility index (Phi) is 3.76. The van der Waals surface area contributed by atoms with Crippen LogP contribution in [0.15, 0.2) is 12.3 Å². The van der Waals surface area contributed by atoms with Crippen molar-refractivity contribution in [3.8, 4) is 0 Å². The second-order valence-electron chi connectivity index (χ2n) is 4.01. The Morgan fingerprint density at radius 3 is 3.11 bits per heavy atom. The molecule has 2 N–H and O–H groups in total. The van der Waals surface area contributed by atoms with Crippen molar-refractivity contribution in [2.75, 3.05) is 6.54 Å². The summed E-state index contributed by atoms with van der Waals surface area (Å²) in [5, 5.41) is 5.24. The highest BCUT2D eigenvalue weighted by molar-refractivity contribution is 6.32. The third kappa shape index (κ3) is 2.95. The molecule has 1 aliphatic rings. The predicted molar refractivity (Wildman–Crippen MR) is 62.7 cm³/mol. The van der Waals surface area contributed by atoms with Gasteiger partial charge in [0.15, 0.2) is 0 Å². The average molecular weight is 272 g/mol. The van der Waals surface area contributed by atoms with E-state index in [1.165, 1.54) is 0 Å². The number of nitrogens with zero attached hydrogens (tertiary/aromatic N) is 1. The maximum atomic E-state index is 12.9. The number of aromatic nitrogens is 1. The summed E-state index contributed by atoms with van der Waals surface area (Å²) in [6.45, 7) is 0.289. The molecule has 7 heteroatoms. The van der Waals surface area contributed by atoms with E-state index in [4.69, 9.17) is 11.6 Å². The van der Waals surface area contributed by atoms with Gasteiger partial charge in [-0.2, -0.15) is 0 Å². The molecule has 1 atom stereocenters. The first-order valence-electron chi connectivity index (χ1n) is 5.45. The van der Waals surface area contributed by atoms with Crippen LogP contribution in [0.2, 0.25) is 5.15 Å². The summed E-state index contributed by atoms with van der Waals surface area (Å²) in [6, 6.07) is 0.944. The van der Waals surface area contributed by atoms with Crippen LogP contribution in [0.25, 0.3) is 0 Å². The summed E-state index contributed by atoms with van der Waals surface area (Å²) >= 11 is 5.70. The monoisotopic (exact) mass is 271 g/mol. The van der Waals surface area contributed by atoms with Gasteiger partial charge < -0.3 is 10.6 Å². The maximum absolute atomic E-state index is 12.9. The molecule has 0 radical (unpaired) electrons. The first kappa shape index (κ1) is 12.8. The Balaban J connectivity index is 1.95. The molecule has 0 aliphatic carbocycles. The highest BCUT2D eigenvalue weighted by Gasteiger charge is 2.21. The van der Waals surface area contributed by atoms with Gasteiger partial charge in [-0.1, -0.05) is 11.6 Å². The van der Waals surface area contributed by atoms with Crippen LogP contribution in [0.5, 0.6) is 0 Å². The zero-order valence-electron chi connectivity index (χ0n) is 9.37. The first-order chi connectivity index (χ1) is 8.56. The van der Waals surface area contributed by atoms with Gasteiger partial charge in [0, 0.05) is 19.0 Å². The van der Waals surface area contributed by atoms with Gasteiger partial charge in [-0.05, 0) is 12.5 Å². The molecule has 1 aromatic rings. The van der Waals surface area contributed by atoms with Gasteiger partial charge >= 0.3 is 0 Å². The zero-order chi connectivity index (χ0) is 13.1. The van der Waals surface area contributed by atoms with Crippen LogP contribution in [0.4, 0.5) is 4.39 Å². The highest BCUT2D eigenvalue weighted by Crippen LogP contribution is 2.13. The number of halogens is 2. The predicted octanol–water partition coefficient (Wildman–Crippen LogP) is 0.883. The molecule has 5 nitrogen and oxygen atoms in total. The fourth-order valence-electron chi connectivity index (χ4n) is 1.72. The van der Waals surface area contributed by atoms with E-state index in [1.54, 1.807) is 0 Å². The summed E-state index contributed by atoms with van der Waals surface area (Å²) < 4.78 is 12.9. The second kappa shape index (κ2) is 5.30. The fourth-order valence-corrected chi connectivity index (χ4v) is 1.91. The molecule has 1 unspecified atom stereocenters. The van der Waals surface area contributed by atoms with E-state index in [2.05, 4.69) is 15.6 Å². The normalized spacial score (nSPS) is 18.6. The fraction of sp³-hybridized carbons (Fsp3) is 0.364. The summed E-state index contributed by atoms with van der Waals surface area (Å²) in [7, 11) is 0. The summed E-state index contributed by atoms with van der Waals surface area (Å²) in [4.78, 5) is 26.3. The van der Waals surface area contributed by atoms with E-state index in [0.29, 0.717) is 12.8 Å². The molecule has 0 bridgehead atoms. The number of amides is 2. The maximum Gasteiger partial charge on any atom is 0.254 e. The molecule has 2 heterocycles. The van der Waals surface area contributed by atoms with Crippen molar-refractivity contribution < 1.29 is 14.0 Å². The number of carbonyl (C=O) groups excluding carboxylic acids is 2. The summed E-state index contributed by atoms with van der Waals surface area (Å²) in [6.07, 6.45) is 2.08. The molecule has 1 fully saturated rings. The quantitative estimate of drug-likeness (QED) is 0.802. The number of rotatable bonds is 3. The van der Waals surface area contributed by atoms with E-state index in [0.717, 1.165) is 12.3 Å². The van der Waals surface area contributed by atoms with Crippen LogP contribution < -0.4 is 10.6 Å². The SMILES string of the molecule is O=C1CCC(CNC(=O)c2cc(F)cnc2Cl)N1. The van der Waals surface area contributed by atoms with Gasteiger partial charge in [0.25, 0.3) is 5.91 Å². The molecule has 0 aromatic carbocycles. The molecular weight excluding hydrogens is 261 g/mol. The Hall–Kier alpha value is -1.69. The highest BCUT2D eigenvalue weighted by atomic mass is 35.5. The molecule has 1 aromatic heterocycles. The van der Waals surface area contributed by atoms with E-state index in [-0.39, 0.29) is 29.2 Å². The van der Waals surface area contributed by atoms with Gasteiger partial charge in [0.2, 0.25) is 5.91 Å². The van der Waals surface area contributed by atoms with Gasteiger partial charge in [0.1, 0.15) is 11.0 Å². The van der Waals surface area contributed by atoms with E-state index < -0.39 is 11.7 Å². The molecule has 0 spiro atoms. The van der Waals surface area contributed by atoms with E-state index in [9.17, 15) is 14.0 Å². The lowest BCUT2D eigenvalue weighted by atomic mass is 10.2. The molecule has 2 rings (SSSR count). The summed E-state index contributed by atoms with van der Waals surface area (Å²) in [5.41, 5.74) is -0.0130. The van der Waals surface area contributed by atoms with Crippen molar-refractivity contribution in [2.45, 2.75) is 18.9 Å². The van der Waals surface area contributed by atoms with Crippen LogP contribution in [0.3, 0.4) is 0 Å². The number of hydrogen-bond donors (Lipinski definition) is 2.